The first-order valence-corrected chi connectivity index (χ1v) is 6.27. The third-order valence-corrected chi connectivity index (χ3v) is 4.16. The van der Waals surface area contributed by atoms with E-state index >= 15 is 0 Å². The molecule has 4 heteroatoms. The standard InChI is InChI=1S/C12H22N2O2/c1-9-4-6-14(8-9)10-3-2-5-12(13,7-10)11(15)16/h9-10H,2-8,13H2,1H3,(H,15,16). The van der Waals surface area contributed by atoms with Crippen molar-refractivity contribution in [3.8, 4) is 0 Å². The van der Waals surface area contributed by atoms with Crippen molar-refractivity contribution in [1.82, 2.24) is 4.90 Å². The van der Waals surface area contributed by atoms with Gasteiger partial charge < -0.3 is 15.7 Å². The van der Waals surface area contributed by atoms with Crippen molar-refractivity contribution in [3.05, 3.63) is 0 Å². The first kappa shape index (κ1) is 11.9. The Morgan fingerprint density at radius 1 is 1.50 bits per heavy atom. The minimum atomic E-state index is -0.977. The molecule has 1 saturated heterocycles. The van der Waals surface area contributed by atoms with E-state index in [1.54, 1.807) is 0 Å². The second-order valence-electron chi connectivity index (χ2n) is 5.60. The minimum Gasteiger partial charge on any atom is -0.480 e. The van der Waals surface area contributed by atoms with Gasteiger partial charge in [0.05, 0.1) is 0 Å². The summed E-state index contributed by atoms with van der Waals surface area (Å²) < 4.78 is 0. The lowest BCUT2D eigenvalue weighted by Crippen LogP contribution is -2.55. The molecule has 2 fully saturated rings. The van der Waals surface area contributed by atoms with Crippen molar-refractivity contribution in [2.75, 3.05) is 13.1 Å². The molecule has 0 aromatic heterocycles. The summed E-state index contributed by atoms with van der Waals surface area (Å²) in [5.74, 6) is -0.0802. The quantitative estimate of drug-likeness (QED) is 0.738. The van der Waals surface area contributed by atoms with Crippen molar-refractivity contribution in [2.24, 2.45) is 11.7 Å². The Kier molecular flexibility index (Phi) is 3.22. The lowest BCUT2D eigenvalue weighted by molar-refractivity contribution is -0.145. The molecule has 92 valence electrons. The van der Waals surface area contributed by atoms with Gasteiger partial charge in [-0.2, -0.15) is 0 Å². The minimum absolute atomic E-state index is 0.389. The lowest BCUT2D eigenvalue weighted by Gasteiger charge is -2.39. The zero-order chi connectivity index (χ0) is 11.8. The fraction of sp³-hybridized carbons (Fsp3) is 0.917. The molecule has 16 heavy (non-hydrogen) atoms. The molecule has 3 N–H and O–H groups in total. The first-order valence-electron chi connectivity index (χ1n) is 6.27. The average Bonchev–Trinajstić information content (AvgIpc) is 2.65. The fourth-order valence-electron chi connectivity index (χ4n) is 3.08. The van der Waals surface area contributed by atoms with E-state index in [4.69, 9.17) is 10.8 Å². The SMILES string of the molecule is CC1CCN(C2CCCC(N)(C(=O)O)C2)C1. The number of likely N-dealkylation sites (tertiary alicyclic amines) is 1. The molecule has 0 aromatic rings. The van der Waals surface area contributed by atoms with Gasteiger partial charge in [0.2, 0.25) is 0 Å². The van der Waals surface area contributed by atoms with Crippen molar-refractivity contribution >= 4 is 5.97 Å². The highest BCUT2D eigenvalue weighted by molar-refractivity contribution is 5.78. The molecule has 2 rings (SSSR count). The summed E-state index contributed by atoms with van der Waals surface area (Å²) in [6, 6.07) is 0.389. The monoisotopic (exact) mass is 226 g/mol. The Hall–Kier alpha value is -0.610. The van der Waals surface area contributed by atoms with Gasteiger partial charge in [0.15, 0.2) is 0 Å². The number of aliphatic carboxylic acids is 1. The molecule has 0 amide bonds. The lowest BCUT2D eigenvalue weighted by atomic mass is 9.79. The number of carboxylic acid groups (broad SMARTS) is 1. The van der Waals surface area contributed by atoms with E-state index < -0.39 is 11.5 Å². The highest BCUT2D eigenvalue weighted by Gasteiger charge is 2.41. The fourth-order valence-corrected chi connectivity index (χ4v) is 3.08. The molecule has 0 radical (unpaired) electrons. The number of carboxylic acids is 1. The van der Waals surface area contributed by atoms with Crippen LogP contribution in [0.1, 0.15) is 39.0 Å². The van der Waals surface area contributed by atoms with E-state index in [-0.39, 0.29) is 0 Å². The maximum absolute atomic E-state index is 11.2. The summed E-state index contributed by atoms with van der Waals surface area (Å²) in [5.41, 5.74) is 4.99. The molecule has 1 saturated carbocycles. The number of carbonyl (C=O) groups is 1. The zero-order valence-electron chi connectivity index (χ0n) is 9.98. The van der Waals surface area contributed by atoms with Crippen LogP contribution in [0.25, 0.3) is 0 Å². The van der Waals surface area contributed by atoms with Gasteiger partial charge in [-0.15, -0.1) is 0 Å². The molecule has 3 atom stereocenters. The maximum Gasteiger partial charge on any atom is 0.323 e. The van der Waals surface area contributed by atoms with E-state index in [0.29, 0.717) is 18.9 Å². The van der Waals surface area contributed by atoms with Crippen LogP contribution >= 0.6 is 0 Å². The van der Waals surface area contributed by atoms with Crippen molar-refractivity contribution < 1.29 is 9.90 Å². The topological polar surface area (TPSA) is 66.6 Å². The molecule has 1 heterocycles. The molecule has 1 aliphatic heterocycles. The van der Waals surface area contributed by atoms with Crippen molar-refractivity contribution in [1.29, 1.82) is 0 Å². The highest BCUT2D eigenvalue weighted by atomic mass is 16.4. The Balaban J connectivity index is 1.99. The number of nitrogens with two attached hydrogens (primary N) is 1. The largest absolute Gasteiger partial charge is 0.480 e. The van der Waals surface area contributed by atoms with E-state index in [1.165, 1.54) is 6.42 Å². The van der Waals surface area contributed by atoms with E-state index in [1.807, 2.05) is 0 Å². The van der Waals surface area contributed by atoms with E-state index in [2.05, 4.69) is 11.8 Å². The summed E-state index contributed by atoms with van der Waals surface area (Å²) >= 11 is 0. The molecule has 1 aliphatic carbocycles. The Morgan fingerprint density at radius 3 is 2.81 bits per heavy atom. The second-order valence-corrected chi connectivity index (χ2v) is 5.60. The Labute approximate surface area is 96.8 Å². The second kappa shape index (κ2) is 4.34. The molecule has 4 nitrogen and oxygen atoms in total. The van der Waals surface area contributed by atoms with Crippen LogP contribution in [0.4, 0.5) is 0 Å². The van der Waals surface area contributed by atoms with Crippen LogP contribution in [-0.2, 0) is 4.79 Å². The van der Waals surface area contributed by atoms with Crippen LogP contribution in [0.5, 0.6) is 0 Å². The smallest absolute Gasteiger partial charge is 0.323 e. The van der Waals surface area contributed by atoms with Crippen LogP contribution in [0.15, 0.2) is 0 Å². The van der Waals surface area contributed by atoms with Gasteiger partial charge in [-0.1, -0.05) is 6.92 Å². The number of hydrogen-bond donors (Lipinski definition) is 2. The first-order chi connectivity index (χ1) is 7.51. The average molecular weight is 226 g/mol. The predicted molar refractivity (Wildman–Crippen MR) is 62.2 cm³/mol. The Morgan fingerprint density at radius 2 is 2.25 bits per heavy atom. The molecule has 0 bridgehead atoms. The van der Waals surface area contributed by atoms with Gasteiger partial charge in [-0.3, -0.25) is 4.79 Å². The Bertz CT molecular complexity index is 282. The summed E-state index contributed by atoms with van der Waals surface area (Å²) in [4.78, 5) is 13.6. The molecular formula is C12H22N2O2. The van der Waals surface area contributed by atoms with Gasteiger partial charge in [0, 0.05) is 12.6 Å². The summed E-state index contributed by atoms with van der Waals surface area (Å²) in [7, 11) is 0. The third-order valence-electron chi connectivity index (χ3n) is 4.16. The predicted octanol–water partition coefficient (Wildman–Crippen LogP) is 1.05. The zero-order valence-corrected chi connectivity index (χ0v) is 9.98. The number of nitrogens with zero attached hydrogens (tertiary/aromatic N) is 1. The van der Waals surface area contributed by atoms with Gasteiger partial charge in [0.1, 0.15) is 5.54 Å². The summed E-state index contributed by atoms with van der Waals surface area (Å²) in [5, 5.41) is 9.17. The van der Waals surface area contributed by atoms with Crippen molar-refractivity contribution in [3.63, 3.8) is 0 Å². The van der Waals surface area contributed by atoms with Crippen LogP contribution < -0.4 is 5.73 Å². The summed E-state index contributed by atoms with van der Waals surface area (Å²) in [6.07, 6.45) is 4.54. The molecular weight excluding hydrogens is 204 g/mol. The molecule has 0 aromatic carbocycles. The van der Waals surface area contributed by atoms with E-state index in [0.717, 1.165) is 31.8 Å². The van der Waals surface area contributed by atoms with Crippen LogP contribution in [0.2, 0.25) is 0 Å². The molecule has 3 unspecified atom stereocenters. The van der Waals surface area contributed by atoms with E-state index in [9.17, 15) is 4.79 Å². The van der Waals surface area contributed by atoms with Crippen LogP contribution in [0.3, 0.4) is 0 Å². The molecule has 0 spiro atoms. The van der Waals surface area contributed by atoms with Crippen LogP contribution in [0, 0.1) is 5.92 Å². The summed E-state index contributed by atoms with van der Waals surface area (Å²) in [6.45, 7) is 4.48. The van der Waals surface area contributed by atoms with Gasteiger partial charge in [-0.25, -0.2) is 0 Å². The maximum atomic E-state index is 11.2. The van der Waals surface area contributed by atoms with Crippen molar-refractivity contribution in [2.45, 2.75) is 50.6 Å². The number of hydrogen-bond acceptors (Lipinski definition) is 3. The van der Waals surface area contributed by atoms with Crippen LogP contribution in [-0.4, -0.2) is 40.6 Å². The molecule has 2 aliphatic rings. The normalized spacial score (nSPS) is 41.1. The highest BCUT2D eigenvalue weighted by Crippen LogP contribution is 2.32. The van der Waals surface area contributed by atoms with Gasteiger partial charge in [0.25, 0.3) is 0 Å². The third kappa shape index (κ3) is 2.23. The number of rotatable bonds is 2. The van der Waals surface area contributed by atoms with Gasteiger partial charge >= 0.3 is 5.97 Å². The van der Waals surface area contributed by atoms with Gasteiger partial charge in [-0.05, 0) is 44.6 Å².